The number of hydrogen-bond acceptors (Lipinski definition) is 5. The fourth-order valence-corrected chi connectivity index (χ4v) is 3.93. The van der Waals surface area contributed by atoms with Gasteiger partial charge in [0.15, 0.2) is 0 Å². The number of tetrazole rings is 1. The third-order valence-corrected chi connectivity index (χ3v) is 5.52. The molecule has 0 spiro atoms. The second kappa shape index (κ2) is 8.86. The largest absolute Gasteiger partial charge is 0.497 e. The minimum absolute atomic E-state index is 0.101. The number of benzene rings is 2. The van der Waals surface area contributed by atoms with E-state index in [0.29, 0.717) is 5.56 Å². The first-order valence-corrected chi connectivity index (χ1v) is 10.0. The van der Waals surface area contributed by atoms with Crippen LogP contribution in [-0.2, 0) is 6.42 Å². The predicted octanol–water partition coefficient (Wildman–Crippen LogP) is 3.30. The Morgan fingerprint density at radius 1 is 1.17 bits per heavy atom. The summed E-state index contributed by atoms with van der Waals surface area (Å²) in [4.78, 5) is 15.2. The van der Waals surface area contributed by atoms with Crippen LogP contribution in [0.3, 0.4) is 0 Å². The first kappa shape index (κ1) is 19.1. The Hall–Kier alpha value is -3.22. The molecule has 0 bridgehead atoms. The Bertz CT molecular complexity index is 940. The number of rotatable bonds is 6. The molecular formula is C22H25N5O2. The Morgan fingerprint density at radius 2 is 2.03 bits per heavy atom. The lowest BCUT2D eigenvalue weighted by Gasteiger charge is -2.36. The van der Waals surface area contributed by atoms with Crippen LogP contribution < -0.4 is 4.74 Å². The van der Waals surface area contributed by atoms with Crippen LogP contribution in [0.15, 0.2) is 54.9 Å². The number of methoxy groups -OCH3 is 1. The van der Waals surface area contributed by atoms with Crippen molar-refractivity contribution in [3.8, 4) is 11.4 Å². The molecular weight excluding hydrogens is 366 g/mol. The van der Waals surface area contributed by atoms with Gasteiger partial charge in [0, 0.05) is 18.2 Å². The molecule has 7 nitrogen and oxygen atoms in total. The molecule has 1 aliphatic rings. The zero-order valence-corrected chi connectivity index (χ0v) is 16.6. The highest BCUT2D eigenvalue weighted by Gasteiger charge is 2.27. The fraction of sp³-hybridized carbons (Fsp3) is 0.364. The molecule has 7 heteroatoms. The minimum Gasteiger partial charge on any atom is -0.497 e. The van der Waals surface area contributed by atoms with Crippen molar-refractivity contribution in [2.24, 2.45) is 0 Å². The molecule has 3 aromatic rings. The number of hydrogen-bond donors (Lipinski definition) is 0. The molecule has 1 amide bonds. The van der Waals surface area contributed by atoms with Gasteiger partial charge in [-0.2, -0.15) is 0 Å². The van der Waals surface area contributed by atoms with Gasteiger partial charge in [-0.15, -0.1) is 5.10 Å². The van der Waals surface area contributed by atoms with Crippen molar-refractivity contribution >= 4 is 5.91 Å². The number of piperidine rings is 1. The van der Waals surface area contributed by atoms with Gasteiger partial charge in [-0.05, 0) is 84.5 Å². The molecule has 2 aromatic carbocycles. The van der Waals surface area contributed by atoms with Crippen LogP contribution in [0.1, 0.15) is 41.6 Å². The third kappa shape index (κ3) is 4.45. The maximum Gasteiger partial charge on any atom is 0.254 e. The van der Waals surface area contributed by atoms with Gasteiger partial charge in [-0.1, -0.05) is 12.1 Å². The molecule has 0 unspecified atom stereocenters. The van der Waals surface area contributed by atoms with Crippen LogP contribution in [0.4, 0.5) is 0 Å². The smallest absolute Gasteiger partial charge is 0.254 e. The van der Waals surface area contributed by atoms with Crippen molar-refractivity contribution in [1.29, 1.82) is 0 Å². The summed E-state index contributed by atoms with van der Waals surface area (Å²) in [5.74, 6) is 0.977. The Morgan fingerprint density at radius 3 is 2.79 bits per heavy atom. The quantitative estimate of drug-likeness (QED) is 0.645. The summed E-state index contributed by atoms with van der Waals surface area (Å²) in [6, 6.07) is 15.9. The number of carbonyl (C=O) groups excluding carboxylic acids is 1. The number of carbonyl (C=O) groups is 1. The Kier molecular flexibility index (Phi) is 5.84. The van der Waals surface area contributed by atoms with E-state index < -0.39 is 0 Å². The maximum atomic E-state index is 13.2. The van der Waals surface area contributed by atoms with Crippen molar-refractivity contribution in [3.05, 3.63) is 66.0 Å². The second-order valence-electron chi connectivity index (χ2n) is 7.34. The normalized spacial score (nSPS) is 16.6. The van der Waals surface area contributed by atoms with E-state index in [4.69, 9.17) is 4.74 Å². The third-order valence-electron chi connectivity index (χ3n) is 5.52. The molecule has 1 aromatic heterocycles. The second-order valence-corrected chi connectivity index (χ2v) is 7.34. The van der Waals surface area contributed by atoms with E-state index in [-0.39, 0.29) is 11.9 Å². The van der Waals surface area contributed by atoms with Gasteiger partial charge in [0.2, 0.25) is 0 Å². The summed E-state index contributed by atoms with van der Waals surface area (Å²) < 4.78 is 6.90. The summed E-state index contributed by atoms with van der Waals surface area (Å²) in [5, 5.41) is 11.2. The molecule has 0 saturated carbocycles. The van der Waals surface area contributed by atoms with Crippen molar-refractivity contribution in [1.82, 2.24) is 25.1 Å². The molecule has 1 fully saturated rings. The van der Waals surface area contributed by atoms with E-state index in [9.17, 15) is 4.79 Å². The van der Waals surface area contributed by atoms with E-state index in [2.05, 4.69) is 32.6 Å². The average molecular weight is 391 g/mol. The molecule has 0 aliphatic carbocycles. The van der Waals surface area contributed by atoms with Gasteiger partial charge < -0.3 is 9.64 Å². The molecule has 0 N–H and O–H groups in total. The van der Waals surface area contributed by atoms with Gasteiger partial charge in [0.05, 0.1) is 12.8 Å². The van der Waals surface area contributed by atoms with Crippen LogP contribution in [0.25, 0.3) is 5.69 Å². The molecule has 150 valence electrons. The van der Waals surface area contributed by atoms with Crippen LogP contribution in [0.2, 0.25) is 0 Å². The number of aromatic nitrogens is 4. The predicted molar refractivity (Wildman–Crippen MR) is 109 cm³/mol. The van der Waals surface area contributed by atoms with E-state index in [0.717, 1.165) is 43.7 Å². The highest BCUT2D eigenvalue weighted by molar-refractivity contribution is 5.94. The molecule has 4 rings (SSSR count). The molecule has 1 aliphatic heterocycles. The van der Waals surface area contributed by atoms with E-state index >= 15 is 0 Å². The minimum atomic E-state index is 0.101. The van der Waals surface area contributed by atoms with Crippen LogP contribution in [-0.4, -0.2) is 50.7 Å². The van der Waals surface area contributed by atoms with Crippen LogP contribution in [0, 0.1) is 0 Å². The van der Waals surface area contributed by atoms with Crippen molar-refractivity contribution in [3.63, 3.8) is 0 Å². The van der Waals surface area contributed by atoms with Gasteiger partial charge in [0.25, 0.3) is 5.91 Å². The zero-order valence-electron chi connectivity index (χ0n) is 16.6. The number of aryl methyl sites for hydroxylation is 1. The highest BCUT2D eigenvalue weighted by Crippen LogP contribution is 2.24. The Balaban J connectivity index is 1.44. The van der Waals surface area contributed by atoms with Crippen LogP contribution in [0.5, 0.6) is 5.75 Å². The van der Waals surface area contributed by atoms with Crippen molar-refractivity contribution in [2.45, 2.75) is 38.1 Å². The Labute approximate surface area is 170 Å². The van der Waals surface area contributed by atoms with Gasteiger partial charge in [-0.25, -0.2) is 4.68 Å². The molecule has 2 heterocycles. The van der Waals surface area contributed by atoms with Crippen molar-refractivity contribution in [2.75, 3.05) is 13.7 Å². The number of nitrogens with zero attached hydrogens (tertiary/aromatic N) is 5. The van der Waals surface area contributed by atoms with E-state index in [1.165, 1.54) is 18.3 Å². The summed E-state index contributed by atoms with van der Waals surface area (Å²) in [6.45, 7) is 0.816. The topological polar surface area (TPSA) is 73.1 Å². The molecule has 1 saturated heterocycles. The summed E-state index contributed by atoms with van der Waals surface area (Å²) >= 11 is 0. The average Bonchev–Trinajstić information content (AvgIpc) is 3.33. The first-order valence-electron chi connectivity index (χ1n) is 10.0. The van der Waals surface area contributed by atoms with Gasteiger partial charge in [0.1, 0.15) is 12.1 Å². The lowest BCUT2D eigenvalue weighted by Crippen LogP contribution is -2.44. The standard InChI is InChI=1S/C22H25N5O2/c1-29-21-7-4-5-17(15-21)8-11-19-6-2-3-14-26(19)22(28)18-9-12-20(13-10-18)27-16-23-24-25-27/h4-5,7,9-10,12-13,15-16,19H,2-3,6,8,11,14H2,1H3/t19-/m1/s1. The zero-order chi connectivity index (χ0) is 20.1. The SMILES string of the molecule is COc1cccc(CC[C@H]2CCCCN2C(=O)c2ccc(-n3cnnn3)cc2)c1. The summed E-state index contributed by atoms with van der Waals surface area (Å²) in [5.41, 5.74) is 2.78. The van der Waals surface area contributed by atoms with Crippen LogP contribution >= 0.6 is 0 Å². The van der Waals surface area contributed by atoms with Crippen molar-refractivity contribution < 1.29 is 9.53 Å². The summed E-state index contributed by atoms with van der Waals surface area (Å²) in [7, 11) is 1.69. The first-order chi connectivity index (χ1) is 14.2. The molecule has 29 heavy (non-hydrogen) atoms. The molecule has 0 radical (unpaired) electrons. The number of ether oxygens (including phenoxy) is 1. The lowest BCUT2D eigenvalue weighted by molar-refractivity contribution is 0.0602. The highest BCUT2D eigenvalue weighted by atomic mass is 16.5. The lowest BCUT2D eigenvalue weighted by atomic mass is 9.95. The van der Waals surface area contributed by atoms with E-state index in [1.54, 1.807) is 11.8 Å². The van der Waals surface area contributed by atoms with Gasteiger partial charge in [-0.3, -0.25) is 4.79 Å². The molecule has 1 atom stereocenters. The van der Waals surface area contributed by atoms with E-state index in [1.807, 2.05) is 36.4 Å². The number of amides is 1. The maximum absolute atomic E-state index is 13.2. The van der Waals surface area contributed by atoms with Gasteiger partial charge >= 0.3 is 0 Å². The summed E-state index contributed by atoms with van der Waals surface area (Å²) in [6.07, 6.45) is 6.72. The fourth-order valence-electron chi connectivity index (χ4n) is 3.93. The number of likely N-dealkylation sites (tertiary alicyclic amines) is 1. The monoisotopic (exact) mass is 391 g/mol.